The summed E-state index contributed by atoms with van der Waals surface area (Å²) < 4.78 is 0. The summed E-state index contributed by atoms with van der Waals surface area (Å²) in [5.74, 6) is 0. The third-order valence-corrected chi connectivity index (χ3v) is 8.65. The average molecular weight is 574 g/mol. The van der Waals surface area contributed by atoms with Gasteiger partial charge in [-0.3, -0.25) is 0 Å². The van der Waals surface area contributed by atoms with Gasteiger partial charge in [0.05, 0.1) is 0 Å². The molecule has 0 aliphatic heterocycles. The van der Waals surface area contributed by atoms with E-state index in [2.05, 4.69) is 193 Å². The molecule has 0 aliphatic rings. The van der Waals surface area contributed by atoms with Crippen LogP contribution in [0.25, 0.3) is 54.9 Å². The van der Waals surface area contributed by atoms with E-state index >= 15 is 0 Å². The van der Waals surface area contributed by atoms with Gasteiger partial charge in [0.1, 0.15) is 0 Å². The Hall–Kier alpha value is -5.92. The third-order valence-electron chi connectivity index (χ3n) is 8.65. The normalized spacial score (nSPS) is 11.1. The van der Waals surface area contributed by atoms with Gasteiger partial charge in [-0.15, -0.1) is 0 Å². The fourth-order valence-corrected chi connectivity index (χ4v) is 6.33. The number of nitrogens with zero attached hydrogens (tertiary/aromatic N) is 1. The number of anilines is 3. The lowest BCUT2D eigenvalue weighted by atomic mass is 9.96. The Morgan fingerprint density at radius 2 is 0.733 bits per heavy atom. The molecule has 0 N–H and O–H groups in total. The number of rotatable bonds is 6. The Bertz CT molecular complexity index is 2150. The molecule has 8 rings (SSSR count). The minimum absolute atomic E-state index is 1.12. The number of fused-ring (bicyclic) bond motifs is 2. The maximum Gasteiger partial charge on any atom is 0.0468 e. The molecule has 0 spiro atoms. The van der Waals surface area contributed by atoms with Crippen molar-refractivity contribution >= 4 is 38.6 Å². The van der Waals surface area contributed by atoms with Gasteiger partial charge in [0.25, 0.3) is 0 Å². The SMILES string of the molecule is c1ccc(-c2ccc(N(c3ccc(-c4ccccc4)cc3)c3ccc4cc(-c5cccc6ccccc56)ccc4c3)cc2)cc1. The van der Waals surface area contributed by atoms with Crippen LogP contribution in [-0.2, 0) is 0 Å². The van der Waals surface area contributed by atoms with Crippen molar-refractivity contribution in [2.24, 2.45) is 0 Å². The van der Waals surface area contributed by atoms with Gasteiger partial charge in [0, 0.05) is 17.1 Å². The summed E-state index contributed by atoms with van der Waals surface area (Å²) >= 11 is 0. The molecular formula is C44H31N. The van der Waals surface area contributed by atoms with E-state index < -0.39 is 0 Å². The van der Waals surface area contributed by atoms with Gasteiger partial charge in [0.15, 0.2) is 0 Å². The molecule has 0 atom stereocenters. The van der Waals surface area contributed by atoms with Crippen LogP contribution in [0.4, 0.5) is 17.1 Å². The quantitative estimate of drug-likeness (QED) is 0.191. The molecule has 212 valence electrons. The van der Waals surface area contributed by atoms with Crippen LogP contribution in [0.3, 0.4) is 0 Å². The van der Waals surface area contributed by atoms with Crippen molar-refractivity contribution < 1.29 is 0 Å². The summed E-state index contributed by atoms with van der Waals surface area (Å²) in [4.78, 5) is 2.35. The first-order valence-electron chi connectivity index (χ1n) is 15.4. The molecule has 0 heterocycles. The zero-order chi connectivity index (χ0) is 30.0. The van der Waals surface area contributed by atoms with Crippen molar-refractivity contribution in [3.63, 3.8) is 0 Å². The Balaban J connectivity index is 1.20. The van der Waals surface area contributed by atoms with Gasteiger partial charge >= 0.3 is 0 Å². The fraction of sp³-hybridized carbons (Fsp3) is 0. The average Bonchev–Trinajstić information content (AvgIpc) is 3.12. The third kappa shape index (κ3) is 5.26. The molecule has 0 radical (unpaired) electrons. The highest BCUT2D eigenvalue weighted by Crippen LogP contribution is 2.39. The van der Waals surface area contributed by atoms with E-state index in [4.69, 9.17) is 0 Å². The van der Waals surface area contributed by atoms with Crippen LogP contribution in [0, 0.1) is 0 Å². The maximum atomic E-state index is 2.35. The lowest BCUT2D eigenvalue weighted by Crippen LogP contribution is -2.09. The molecule has 0 aromatic heterocycles. The summed E-state index contributed by atoms with van der Waals surface area (Å²) in [6.07, 6.45) is 0. The molecule has 1 nitrogen and oxygen atoms in total. The Labute approximate surface area is 264 Å². The van der Waals surface area contributed by atoms with E-state index in [-0.39, 0.29) is 0 Å². The second kappa shape index (κ2) is 11.6. The summed E-state index contributed by atoms with van der Waals surface area (Å²) in [6.45, 7) is 0. The molecule has 0 saturated carbocycles. The molecule has 0 amide bonds. The van der Waals surface area contributed by atoms with Crippen LogP contribution >= 0.6 is 0 Å². The Morgan fingerprint density at radius 1 is 0.267 bits per heavy atom. The Kier molecular flexibility index (Phi) is 6.90. The zero-order valence-electron chi connectivity index (χ0n) is 24.8. The summed E-state index contributed by atoms with van der Waals surface area (Å²) in [5, 5.41) is 4.98. The molecule has 0 fully saturated rings. The first kappa shape index (κ1) is 26.7. The van der Waals surface area contributed by atoms with Crippen LogP contribution in [0.1, 0.15) is 0 Å². The van der Waals surface area contributed by atoms with Crippen molar-refractivity contribution in [2.45, 2.75) is 0 Å². The second-order valence-electron chi connectivity index (χ2n) is 11.4. The molecule has 0 aliphatic carbocycles. The van der Waals surface area contributed by atoms with Crippen LogP contribution in [0.15, 0.2) is 188 Å². The molecule has 0 unspecified atom stereocenters. The molecule has 45 heavy (non-hydrogen) atoms. The lowest BCUT2D eigenvalue weighted by Gasteiger charge is -2.26. The standard InChI is InChI=1S/C44H31N/c1-3-10-32(11-4-1)34-20-25-40(26-21-34)45(41-27-22-35(23-28-41)33-12-5-2-6-13-33)42-29-24-37-30-39(19-18-38(37)31-42)44-17-9-15-36-14-7-8-16-43(36)44/h1-31H. The molecule has 0 bridgehead atoms. The van der Waals surface area contributed by atoms with Crippen LogP contribution < -0.4 is 4.90 Å². The van der Waals surface area contributed by atoms with Crippen molar-refractivity contribution in [1.29, 1.82) is 0 Å². The minimum atomic E-state index is 1.12. The maximum absolute atomic E-state index is 2.35. The predicted octanol–water partition coefficient (Wildman–Crippen LogP) is 12.5. The van der Waals surface area contributed by atoms with Gasteiger partial charge in [-0.1, -0.05) is 146 Å². The zero-order valence-corrected chi connectivity index (χ0v) is 24.8. The first-order chi connectivity index (χ1) is 22.3. The smallest absolute Gasteiger partial charge is 0.0468 e. The highest BCUT2D eigenvalue weighted by molar-refractivity contribution is 5.99. The summed E-state index contributed by atoms with van der Waals surface area (Å²) in [6, 6.07) is 67.6. The van der Waals surface area contributed by atoms with Gasteiger partial charge < -0.3 is 4.90 Å². The van der Waals surface area contributed by atoms with Crippen molar-refractivity contribution in [3.05, 3.63) is 188 Å². The highest BCUT2D eigenvalue weighted by Gasteiger charge is 2.14. The first-order valence-corrected chi connectivity index (χ1v) is 15.4. The monoisotopic (exact) mass is 573 g/mol. The summed E-state index contributed by atoms with van der Waals surface area (Å²) in [5.41, 5.74) is 10.7. The second-order valence-corrected chi connectivity index (χ2v) is 11.4. The number of hydrogen-bond acceptors (Lipinski definition) is 1. The largest absolute Gasteiger partial charge is 0.310 e. The van der Waals surface area contributed by atoms with E-state index in [0.29, 0.717) is 0 Å². The molecule has 0 saturated heterocycles. The van der Waals surface area contributed by atoms with E-state index in [1.807, 2.05) is 0 Å². The number of hydrogen-bond donors (Lipinski definition) is 0. The van der Waals surface area contributed by atoms with Gasteiger partial charge in [-0.2, -0.15) is 0 Å². The van der Waals surface area contributed by atoms with Crippen molar-refractivity contribution in [3.8, 4) is 33.4 Å². The van der Waals surface area contributed by atoms with Crippen molar-refractivity contribution in [1.82, 2.24) is 0 Å². The van der Waals surface area contributed by atoms with Gasteiger partial charge in [0.2, 0.25) is 0 Å². The number of benzene rings is 8. The fourth-order valence-electron chi connectivity index (χ4n) is 6.33. The van der Waals surface area contributed by atoms with E-state index in [1.54, 1.807) is 0 Å². The van der Waals surface area contributed by atoms with E-state index in [1.165, 1.54) is 54.9 Å². The predicted molar refractivity (Wildman–Crippen MR) is 192 cm³/mol. The van der Waals surface area contributed by atoms with E-state index in [9.17, 15) is 0 Å². The Morgan fingerprint density at radius 3 is 1.38 bits per heavy atom. The van der Waals surface area contributed by atoms with E-state index in [0.717, 1.165) is 17.1 Å². The van der Waals surface area contributed by atoms with Gasteiger partial charge in [-0.05, 0) is 97.4 Å². The van der Waals surface area contributed by atoms with Crippen LogP contribution in [-0.4, -0.2) is 0 Å². The molecular weight excluding hydrogens is 542 g/mol. The minimum Gasteiger partial charge on any atom is -0.310 e. The van der Waals surface area contributed by atoms with Crippen molar-refractivity contribution in [2.75, 3.05) is 4.90 Å². The highest BCUT2D eigenvalue weighted by atomic mass is 15.1. The summed E-state index contributed by atoms with van der Waals surface area (Å²) in [7, 11) is 0. The molecule has 8 aromatic carbocycles. The van der Waals surface area contributed by atoms with Crippen LogP contribution in [0.2, 0.25) is 0 Å². The topological polar surface area (TPSA) is 3.24 Å². The van der Waals surface area contributed by atoms with Crippen LogP contribution in [0.5, 0.6) is 0 Å². The molecule has 8 aromatic rings. The molecule has 1 heteroatoms. The van der Waals surface area contributed by atoms with Gasteiger partial charge in [-0.25, -0.2) is 0 Å². The lowest BCUT2D eigenvalue weighted by molar-refractivity contribution is 1.29.